The summed E-state index contributed by atoms with van der Waals surface area (Å²) in [6, 6.07) is 10.0. The second-order valence-electron chi connectivity index (χ2n) is 4.39. The first-order valence-corrected chi connectivity index (χ1v) is 8.31. The molecule has 0 heterocycles. The zero-order valence-corrected chi connectivity index (χ0v) is 13.5. The number of hydrogen-bond donors (Lipinski definition) is 1. The van der Waals surface area contributed by atoms with Crippen LogP contribution < -0.4 is 5.14 Å². The van der Waals surface area contributed by atoms with E-state index >= 15 is 0 Å². The minimum absolute atomic E-state index is 0.0205. The molecule has 0 aliphatic carbocycles. The minimum atomic E-state index is -3.79. The molecule has 0 unspecified atom stereocenters. The summed E-state index contributed by atoms with van der Waals surface area (Å²) in [6.07, 6.45) is 0. The summed E-state index contributed by atoms with van der Waals surface area (Å²) in [5.74, 6) is -0.591. The van der Waals surface area contributed by atoms with Crippen LogP contribution in [0.3, 0.4) is 0 Å². The van der Waals surface area contributed by atoms with Crippen LogP contribution in [-0.2, 0) is 21.4 Å². The molecule has 0 radical (unpaired) electrons. The lowest BCUT2D eigenvalue weighted by Crippen LogP contribution is -2.12. The second kappa shape index (κ2) is 6.66. The average Bonchev–Trinajstić information content (AvgIpc) is 2.47. The Morgan fingerprint density at radius 1 is 1.05 bits per heavy atom. The Kier molecular flexibility index (Phi) is 5.08. The molecule has 0 saturated carbocycles. The third-order valence-electron chi connectivity index (χ3n) is 2.77. The number of hydrogen-bond acceptors (Lipinski definition) is 4. The van der Waals surface area contributed by atoms with Crippen molar-refractivity contribution >= 4 is 39.2 Å². The van der Waals surface area contributed by atoms with Gasteiger partial charge >= 0.3 is 5.97 Å². The van der Waals surface area contributed by atoms with E-state index in [1.807, 2.05) is 0 Å². The van der Waals surface area contributed by atoms with Crippen LogP contribution >= 0.6 is 23.2 Å². The monoisotopic (exact) mass is 359 g/mol. The van der Waals surface area contributed by atoms with Crippen LogP contribution in [0.15, 0.2) is 47.4 Å². The fourth-order valence-corrected chi connectivity index (χ4v) is 2.48. The van der Waals surface area contributed by atoms with Gasteiger partial charge < -0.3 is 4.74 Å². The first-order chi connectivity index (χ1) is 10.3. The topological polar surface area (TPSA) is 86.5 Å². The lowest BCUT2D eigenvalue weighted by molar-refractivity contribution is 0.0472. The van der Waals surface area contributed by atoms with Crippen LogP contribution in [0.2, 0.25) is 10.0 Å². The predicted molar refractivity (Wildman–Crippen MR) is 83.4 cm³/mol. The van der Waals surface area contributed by atoms with Gasteiger partial charge in [0.1, 0.15) is 6.61 Å². The van der Waals surface area contributed by atoms with Crippen molar-refractivity contribution in [3.8, 4) is 0 Å². The molecule has 8 heteroatoms. The maximum absolute atomic E-state index is 11.9. The van der Waals surface area contributed by atoms with Crippen LogP contribution in [0.1, 0.15) is 15.9 Å². The van der Waals surface area contributed by atoms with Crippen molar-refractivity contribution in [3.05, 3.63) is 63.6 Å². The number of rotatable bonds is 4. The number of primary sulfonamides is 1. The first-order valence-electron chi connectivity index (χ1n) is 6.01. The van der Waals surface area contributed by atoms with E-state index in [0.717, 1.165) is 0 Å². The van der Waals surface area contributed by atoms with Crippen molar-refractivity contribution in [1.29, 1.82) is 0 Å². The Hall–Kier alpha value is -1.60. The minimum Gasteiger partial charge on any atom is -0.457 e. The molecule has 2 aromatic carbocycles. The second-order valence-corrected chi connectivity index (χ2v) is 6.77. The summed E-state index contributed by atoms with van der Waals surface area (Å²) in [4.78, 5) is 11.8. The van der Waals surface area contributed by atoms with E-state index in [2.05, 4.69) is 0 Å². The Morgan fingerprint density at radius 3 is 2.23 bits per heavy atom. The van der Waals surface area contributed by atoms with E-state index in [-0.39, 0.29) is 17.1 Å². The highest BCUT2D eigenvalue weighted by molar-refractivity contribution is 7.89. The molecule has 0 aliphatic rings. The van der Waals surface area contributed by atoms with Crippen LogP contribution in [0, 0.1) is 0 Å². The third-order valence-corrected chi connectivity index (χ3v) is 4.44. The highest BCUT2D eigenvalue weighted by Gasteiger charge is 2.11. The Bertz CT molecular complexity index is 804. The van der Waals surface area contributed by atoms with E-state index in [1.54, 1.807) is 18.2 Å². The van der Waals surface area contributed by atoms with Crippen molar-refractivity contribution < 1.29 is 17.9 Å². The van der Waals surface area contributed by atoms with E-state index in [9.17, 15) is 13.2 Å². The van der Waals surface area contributed by atoms with Gasteiger partial charge in [-0.2, -0.15) is 0 Å². The number of benzene rings is 2. The maximum atomic E-state index is 11.9. The van der Waals surface area contributed by atoms with Gasteiger partial charge in [-0.05, 0) is 42.0 Å². The van der Waals surface area contributed by atoms with E-state index in [0.29, 0.717) is 15.6 Å². The number of esters is 1. The molecule has 5 nitrogen and oxygen atoms in total. The number of carbonyl (C=O) groups is 1. The van der Waals surface area contributed by atoms with Crippen LogP contribution in [-0.4, -0.2) is 14.4 Å². The van der Waals surface area contributed by atoms with Crippen molar-refractivity contribution in [2.24, 2.45) is 5.14 Å². The van der Waals surface area contributed by atoms with Gasteiger partial charge in [-0.3, -0.25) is 0 Å². The summed E-state index contributed by atoms with van der Waals surface area (Å²) in [5, 5.41) is 5.76. The smallest absolute Gasteiger partial charge is 0.338 e. The van der Waals surface area contributed by atoms with Gasteiger partial charge in [0, 0.05) is 0 Å². The summed E-state index contributed by atoms with van der Waals surface area (Å²) in [6.45, 7) is 0.0205. The number of nitrogens with two attached hydrogens (primary N) is 1. The number of sulfonamides is 1. The first kappa shape index (κ1) is 16.8. The third kappa shape index (κ3) is 4.20. The molecular weight excluding hydrogens is 349 g/mol. The fraction of sp³-hybridized carbons (Fsp3) is 0.0714. The number of ether oxygens (including phenoxy) is 1. The quantitative estimate of drug-likeness (QED) is 0.850. The summed E-state index contributed by atoms with van der Waals surface area (Å²) in [5.41, 5.74) is 0.899. The molecule has 0 aliphatic heterocycles. The van der Waals surface area contributed by atoms with Gasteiger partial charge in [0.15, 0.2) is 0 Å². The van der Waals surface area contributed by atoms with Gasteiger partial charge in [0.25, 0.3) is 0 Å². The zero-order valence-electron chi connectivity index (χ0n) is 11.1. The van der Waals surface area contributed by atoms with Crippen LogP contribution in [0.4, 0.5) is 0 Å². The molecule has 2 aromatic rings. The van der Waals surface area contributed by atoms with Crippen molar-refractivity contribution in [2.45, 2.75) is 11.5 Å². The van der Waals surface area contributed by atoms with Crippen molar-refractivity contribution in [1.82, 2.24) is 0 Å². The molecule has 0 aromatic heterocycles. The maximum Gasteiger partial charge on any atom is 0.338 e. The summed E-state index contributed by atoms with van der Waals surface area (Å²) < 4.78 is 27.4. The van der Waals surface area contributed by atoms with Crippen molar-refractivity contribution in [2.75, 3.05) is 0 Å². The predicted octanol–water partition coefficient (Wildman–Crippen LogP) is 3.00. The molecular formula is C14H11Cl2NO4S. The number of carbonyl (C=O) groups excluding carboxylic acids is 1. The SMILES string of the molecule is NS(=O)(=O)c1ccc(C(=O)OCc2ccc(Cl)c(Cl)c2)cc1. The average molecular weight is 360 g/mol. The highest BCUT2D eigenvalue weighted by atomic mass is 35.5. The standard InChI is InChI=1S/C14H11Cl2NO4S/c15-12-6-1-9(7-13(12)16)8-21-14(18)10-2-4-11(5-3-10)22(17,19)20/h1-7H,8H2,(H2,17,19,20). The summed E-state index contributed by atoms with van der Waals surface area (Å²) in [7, 11) is -3.79. The molecule has 0 fully saturated rings. The summed E-state index contributed by atoms with van der Waals surface area (Å²) >= 11 is 11.7. The van der Waals surface area contributed by atoms with Crippen LogP contribution in [0.25, 0.3) is 0 Å². The molecule has 2 rings (SSSR count). The Morgan fingerprint density at radius 2 is 1.68 bits per heavy atom. The van der Waals surface area contributed by atoms with Crippen LogP contribution in [0.5, 0.6) is 0 Å². The number of halogens is 2. The van der Waals surface area contributed by atoms with Gasteiger partial charge in [-0.25, -0.2) is 18.4 Å². The normalized spacial score (nSPS) is 11.2. The fourth-order valence-electron chi connectivity index (χ4n) is 1.64. The lowest BCUT2D eigenvalue weighted by atomic mass is 10.2. The van der Waals surface area contributed by atoms with Crippen molar-refractivity contribution in [3.63, 3.8) is 0 Å². The van der Waals surface area contributed by atoms with Gasteiger partial charge in [-0.15, -0.1) is 0 Å². The molecule has 0 amide bonds. The van der Waals surface area contributed by atoms with E-state index in [1.165, 1.54) is 24.3 Å². The Labute approximate surface area is 137 Å². The molecule has 22 heavy (non-hydrogen) atoms. The van der Waals surface area contributed by atoms with Gasteiger partial charge in [0.2, 0.25) is 10.0 Å². The van der Waals surface area contributed by atoms with E-state index in [4.69, 9.17) is 33.1 Å². The molecule has 0 atom stereocenters. The zero-order chi connectivity index (χ0) is 16.3. The molecule has 116 valence electrons. The van der Waals surface area contributed by atoms with Gasteiger partial charge in [-0.1, -0.05) is 29.3 Å². The lowest BCUT2D eigenvalue weighted by Gasteiger charge is -2.06. The van der Waals surface area contributed by atoms with E-state index < -0.39 is 16.0 Å². The van der Waals surface area contributed by atoms with Gasteiger partial charge in [0.05, 0.1) is 20.5 Å². The Balaban J connectivity index is 2.04. The molecule has 0 bridgehead atoms. The molecule has 0 saturated heterocycles. The molecule has 0 spiro atoms. The highest BCUT2D eigenvalue weighted by Crippen LogP contribution is 2.23. The molecule has 2 N–H and O–H groups in total. The largest absolute Gasteiger partial charge is 0.457 e.